The van der Waals surface area contributed by atoms with E-state index in [9.17, 15) is 19.2 Å². The van der Waals surface area contributed by atoms with Gasteiger partial charge in [-0.15, -0.1) is 11.3 Å². The molecule has 11 heteroatoms. The lowest BCUT2D eigenvalue weighted by molar-refractivity contribution is -0.133. The summed E-state index contributed by atoms with van der Waals surface area (Å²) >= 11 is 1.32. The smallest absolute Gasteiger partial charge is 0.270 e. The summed E-state index contributed by atoms with van der Waals surface area (Å²) in [7, 11) is 0. The van der Waals surface area contributed by atoms with E-state index >= 15 is 0 Å². The third kappa shape index (κ3) is 7.38. The van der Waals surface area contributed by atoms with Gasteiger partial charge in [0.25, 0.3) is 5.91 Å². The highest BCUT2D eigenvalue weighted by atomic mass is 32.1. The second-order valence-electron chi connectivity index (χ2n) is 9.75. The van der Waals surface area contributed by atoms with E-state index in [4.69, 9.17) is 0 Å². The topological polar surface area (TPSA) is 141 Å². The maximum Gasteiger partial charge on any atom is 0.270 e. The van der Waals surface area contributed by atoms with Gasteiger partial charge in [-0.2, -0.15) is 0 Å². The van der Waals surface area contributed by atoms with Crippen LogP contribution in [0.25, 0.3) is 0 Å². The molecule has 4 amide bonds. The third-order valence-corrected chi connectivity index (χ3v) is 7.87. The number of rotatable bonds is 5. The third-order valence-electron chi connectivity index (χ3n) is 6.91. The molecular weight excluding hydrogens is 504 g/mol. The van der Waals surface area contributed by atoms with Crippen molar-refractivity contribution in [1.82, 2.24) is 31.6 Å². The summed E-state index contributed by atoms with van der Waals surface area (Å²) in [6.45, 7) is 3.04. The van der Waals surface area contributed by atoms with Gasteiger partial charge in [-0.1, -0.05) is 37.3 Å². The fourth-order valence-corrected chi connectivity index (χ4v) is 5.56. The molecule has 0 radical (unpaired) electrons. The van der Waals surface area contributed by atoms with Crippen LogP contribution in [-0.4, -0.2) is 59.8 Å². The van der Waals surface area contributed by atoms with Gasteiger partial charge in [0, 0.05) is 11.9 Å². The lowest BCUT2D eigenvalue weighted by atomic mass is 10.0. The predicted octanol–water partition coefficient (Wildman–Crippen LogP) is 1.59. The van der Waals surface area contributed by atoms with Crippen LogP contribution in [0.2, 0.25) is 0 Å². The Morgan fingerprint density at radius 3 is 2.53 bits per heavy atom. The summed E-state index contributed by atoms with van der Waals surface area (Å²) < 4.78 is 0. The largest absolute Gasteiger partial charge is 0.351 e. The minimum Gasteiger partial charge on any atom is -0.351 e. The summed E-state index contributed by atoms with van der Waals surface area (Å²) in [4.78, 5) is 56.6. The van der Waals surface area contributed by atoms with Crippen LogP contribution in [0, 0.1) is 0 Å². The Labute approximate surface area is 226 Å². The van der Waals surface area contributed by atoms with Crippen molar-refractivity contribution in [1.29, 1.82) is 0 Å². The van der Waals surface area contributed by atoms with Crippen LogP contribution in [0.15, 0.2) is 35.7 Å². The lowest BCUT2D eigenvalue weighted by Gasteiger charge is -2.25. The molecule has 2 aliphatic heterocycles. The molecule has 1 fully saturated rings. The van der Waals surface area contributed by atoms with E-state index in [0.29, 0.717) is 49.4 Å². The van der Waals surface area contributed by atoms with Crippen molar-refractivity contribution in [2.24, 2.45) is 0 Å². The van der Waals surface area contributed by atoms with Crippen molar-refractivity contribution in [2.45, 2.75) is 76.0 Å². The van der Waals surface area contributed by atoms with Crippen LogP contribution in [0.5, 0.6) is 0 Å². The fourth-order valence-electron chi connectivity index (χ4n) is 4.71. The number of carbonyl (C=O) groups is 4. The molecule has 1 aromatic carbocycles. The number of aromatic nitrogens is 1. The van der Waals surface area contributed by atoms with Crippen LogP contribution in [0.3, 0.4) is 0 Å². The van der Waals surface area contributed by atoms with Gasteiger partial charge < -0.3 is 26.6 Å². The average Bonchev–Trinajstić information content (AvgIpc) is 3.63. The van der Waals surface area contributed by atoms with Gasteiger partial charge >= 0.3 is 0 Å². The molecule has 2 aromatic rings. The number of benzene rings is 1. The fraction of sp³-hybridized carbons (Fsp3) is 0.519. The highest BCUT2D eigenvalue weighted by Gasteiger charge is 2.31. The number of carbonyl (C=O) groups excluding carboxylic acids is 4. The van der Waals surface area contributed by atoms with Crippen molar-refractivity contribution < 1.29 is 19.2 Å². The lowest BCUT2D eigenvalue weighted by Crippen LogP contribution is -2.55. The van der Waals surface area contributed by atoms with Gasteiger partial charge in [-0.3, -0.25) is 19.2 Å². The summed E-state index contributed by atoms with van der Waals surface area (Å²) in [6.07, 6.45) is 4.16. The van der Waals surface area contributed by atoms with E-state index in [1.54, 1.807) is 5.38 Å². The van der Waals surface area contributed by atoms with Crippen molar-refractivity contribution in [2.75, 3.05) is 13.1 Å². The second-order valence-corrected chi connectivity index (χ2v) is 10.6. The Morgan fingerprint density at radius 2 is 1.79 bits per heavy atom. The van der Waals surface area contributed by atoms with Crippen LogP contribution in [-0.2, 0) is 20.8 Å². The Hall–Kier alpha value is -3.31. The van der Waals surface area contributed by atoms with Gasteiger partial charge in [-0.25, -0.2) is 4.98 Å². The number of hydrogen-bond donors (Lipinski definition) is 5. The van der Waals surface area contributed by atoms with Gasteiger partial charge in [0.05, 0.1) is 12.1 Å². The first-order valence-corrected chi connectivity index (χ1v) is 14.2. The van der Waals surface area contributed by atoms with Crippen LogP contribution in [0.1, 0.15) is 72.6 Å². The van der Waals surface area contributed by atoms with Gasteiger partial charge in [0.2, 0.25) is 17.7 Å². The zero-order valence-corrected chi connectivity index (χ0v) is 22.4. The quantitative estimate of drug-likeness (QED) is 0.390. The first-order valence-electron chi connectivity index (χ1n) is 13.4. The van der Waals surface area contributed by atoms with E-state index in [1.165, 1.54) is 11.3 Å². The molecule has 2 bridgehead atoms. The number of hydrogen-bond acceptors (Lipinski definition) is 7. The highest BCUT2D eigenvalue weighted by Crippen LogP contribution is 2.23. The van der Waals surface area contributed by atoms with E-state index in [2.05, 4.69) is 31.6 Å². The molecule has 5 N–H and O–H groups in total. The second kappa shape index (κ2) is 13.5. The first kappa shape index (κ1) is 27.7. The zero-order chi connectivity index (χ0) is 26.9. The average molecular weight is 541 g/mol. The Morgan fingerprint density at radius 1 is 1.00 bits per heavy atom. The molecular formula is C27H36N6O4S. The number of amides is 4. The van der Waals surface area contributed by atoms with E-state index < -0.39 is 18.1 Å². The summed E-state index contributed by atoms with van der Waals surface area (Å²) in [5, 5.41) is 17.1. The van der Waals surface area contributed by atoms with Gasteiger partial charge in [-0.05, 0) is 57.1 Å². The monoisotopic (exact) mass is 540 g/mol. The standard InChI is InChI=1S/C27H36N6O4S/c1-2-18-24(35)32-21(15-17-9-4-3-5-10-17)27-33-22(16-38-27)23(34)29-13-7-6-11-20(26(37)30-18)31-25(36)19-12-8-14-28-19/h3-5,9-10,16,18-21,28H,2,6-8,11-15H2,1H3,(H,29,34)(H,30,37)(H,31,36)(H,32,35)/t18-,19+,20+,21+/m1/s1. The number of nitrogens with zero attached hydrogens (tertiary/aromatic N) is 1. The maximum absolute atomic E-state index is 13.4. The molecule has 38 heavy (non-hydrogen) atoms. The Bertz CT molecular complexity index is 1120. The molecule has 2 aliphatic rings. The minimum atomic E-state index is -0.777. The maximum atomic E-state index is 13.4. The SMILES string of the molecule is CC[C@H]1NC(=O)[C@@H](NC(=O)[C@@H]2CCCN2)CCCCNC(=O)c2csc(n2)[C@H](Cc2ccccc2)NC1=O. The van der Waals surface area contributed by atoms with Gasteiger partial charge in [0.1, 0.15) is 22.8 Å². The molecule has 1 aromatic heterocycles. The van der Waals surface area contributed by atoms with Crippen LogP contribution in [0.4, 0.5) is 0 Å². The molecule has 10 nitrogen and oxygen atoms in total. The van der Waals surface area contributed by atoms with Crippen LogP contribution < -0.4 is 26.6 Å². The minimum absolute atomic E-state index is 0.204. The van der Waals surface area contributed by atoms with E-state index in [1.807, 2.05) is 37.3 Å². The molecule has 0 saturated carbocycles. The zero-order valence-electron chi connectivity index (χ0n) is 21.6. The van der Waals surface area contributed by atoms with Crippen molar-refractivity contribution >= 4 is 35.0 Å². The van der Waals surface area contributed by atoms with E-state index in [-0.39, 0.29) is 29.7 Å². The van der Waals surface area contributed by atoms with Crippen molar-refractivity contribution in [3.05, 3.63) is 52.0 Å². The van der Waals surface area contributed by atoms with Crippen molar-refractivity contribution in [3.63, 3.8) is 0 Å². The normalized spacial score (nSPS) is 25.2. The Balaban J connectivity index is 1.55. The molecule has 4 atom stereocenters. The molecule has 4 rings (SSSR count). The molecule has 0 unspecified atom stereocenters. The molecule has 204 valence electrons. The molecule has 1 saturated heterocycles. The van der Waals surface area contributed by atoms with E-state index in [0.717, 1.165) is 24.9 Å². The number of fused-ring (bicyclic) bond motifs is 2. The Kier molecular flexibility index (Phi) is 9.83. The summed E-state index contributed by atoms with van der Waals surface area (Å²) in [5.74, 6) is -1.20. The number of nitrogens with one attached hydrogen (secondary N) is 5. The molecule has 0 aliphatic carbocycles. The summed E-state index contributed by atoms with van der Waals surface area (Å²) in [6, 6.07) is 7.39. The summed E-state index contributed by atoms with van der Waals surface area (Å²) in [5.41, 5.74) is 1.33. The predicted molar refractivity (Wildman–Crippen MR) is 145 cm³/mol. The first-order chi connectivity index (χ1) is 18.4. The molecule has 3 heterocycles. The van der Waals surface area contributed by atoms with Crippen LogP contribution >= 0.6 is 11.3 Å². The highest BCUT2D eigenvalue weighted by molar-refractivity contribution is 7.09. The van der Waals surface area contributed by atoms with Crippen molar-refractivity contribution in [3.8, 4) is 0 Å². The molecule has 0 spiro atoms. The number of thiazole rings is 1. The van der Waals surface area contributed by atoms with Gasteiger partial charge in [0.15, 0.2) is 0 Å².